The van der Waals surface area contributed by atoms with Crippen molar-refractivity contribution < 1.29 is 14.3 Å². The molecule has 1 saturated carbocycles. The second kappa shape index (κ2) is 8.65. The molecule has 1 N–H and O–H groups in total. The van der Waals surface area contributed by atoms with Gasteiger partial charge in [-0.1, -0.05) is 29.8 Å². The first kappa shape index (κ1) is 22.2. The van der Waals surface area contributed by atoms with E-state index in [2.05, 4.69) is 16.0 Å². The van der Waals surface area contributed by atoms with Gasteiger partial charge in [0, 0.05) is 29.7 Å². The van der Waals surface area contributed by atoms with Crippen molar-refractivity contribution in [3.8, 4) is 6.07 Å². The van der Waals surface area contributed by atoms with Crippen LogP contribution in [0.1, 0.15) is 37.1 Å². The minimum atomic E-state index is -0.650. The Morgan fingerprint density at radius 2 is 2.12 bits per heavy atom. The Bertz CT molecular complexity index is 1320. The van der Waals surface area contributed by atoms with Gasteiger partial charge in [0.15, 0.2) is 0 Å². The fourth-order valence-electron chi connectivity index (χ4n) is 5.24. The molecule has 0 radical (unpaired) electrons. The molecule has 9 heteroatoms. The number of para-hydroxylation sites is 1. The van der Waals surface area contributed by atoms with E-state index >= 15 is 0 Å². The number of imidazole rings is 1. The number of aryl methyl sites for hydroxylation is 1. The van der Waals surface area contributed by atoms with E-state index in [4.69, 9.17) is 26.6 Å². The Hall–Kier alpha value is -3.57. The SMILES string of the molecule is COC(=O)NC1CC2(C1)C(=O)N(Cc1nc3cc(Cl)ccc3n1CCCC#N)c1ccccc12. The van der Waals surface area contributed by atoms with Gasteiger partial charge in [-0.3, -0.25) is 4.79 Å². The van der Waals surface area contributed by atoms with Crippen LogP contribution in [-0.2, 0) is 28.0 Å². The van der Waals surface area contributed by atoms with E-state index in [9.17, 15) is 9.59 Å². The largest absolute Gasteiger partial charge is 0.453 e. The average Bonchev–Trinajstić information content (AvgIpc) is 3.26. The van der Waals surface area contributed by atoms with Gasteiger partial charge in [0.1, 0.15) is 5.82 Å². The summed E-state index contributed by atoms with van der Waals surface area (Å²) in [6, 6.07) is 15.5. The molecule has 2 amide bonds. The van der Waals surface area contributed by atoms with E-state index in [1.165, 1.54) is 7.11 Å². The average molecular weight is 478 g/mol. The van der Waals surface area contributed by atoms with Crippen LogP contribution in [0.2, 0.25) is 5.02 Å². The zero-order valence-corrected chi connectivity index (χ0v) is 19.5. The molecule has 1 aliphatic carbocycles. The number of aromatic nitrogens is 2. The summed E-state index contributed by atoms with van der Waals surface area (Å²) < 4.78 is 6.78. The highest BCUT2D eigenvalue weighted by molar-refractivity contribution is 6.31. The van der Waals surface area contributed by atoms with Crippen molar-refractivity contribution >= 4 is 40.3 Å². The van der Waals surface area contributed by atoms with Gasteiger partial charge in [0.25, 0.3) is 0 Å². The Labute approximate surface area is 202 Å². The number of hydrogen-bond donors (Lipinski definition) is 1. The molecule has 2 aromatic carbocycles. The number of methoxy groups -OCH3 is 1. The van der Waals surface area contributed by atoms with Crippen molar-refractivity contribution in [2.45, 2.75) is 50.2 Å². The van der Waals surface area contributed by atoms with Crippen LogP contribution in [-0.4, -0.2) is 34.7 Å². The van der Waals surface area contributed by atoms with Crippen LogP contribution in [0.5, 0.6) is 0 Å². The first-order valence-electron chi connectivity index (χ1n) is 11.2. The van der Waals surface area contributed by atoms with Crippen molar-refractivity contribution in [3.63, 3.8) is 0 Å². The van der Waals surface area contributed by atoms with Gasteiger partial charge in [0.2, 0.25) is 5.91 Å². The molecule has 5 rings (SSSR count). The molecule has 1 aromatic heterocycles. The number of hydrogen-bond acceptors (Lipinski definition) is 5. The predicted molar refractivity (Wildman–Crippen MR) is 127 cm³/mol. The smallest absolute Gasteiger partial charge is 0.407 e. The summed E-state index contributed by atoms with van der Waals surface area (Å²) in [5.74, 6) is 0.768. The van der Waals surface area contributed by atoms with Crippen molar-refractivity contribution in [1.82, 2.24) is 14.9 Å². The number of carbonyl (C=O) groups is 2. The van der Waals surface area contributed by atoms with E-state index in [1.807, 2.05) is 42.5 Å². The van der Waals surface area contributed by atoms with E-state index < -0.39 is 11.5 Å². The minimum Gasteiger partial charge on any atom is -0.453 e. The summed E-state index contributed by atoms with van der Waals surface area (Å²) in [6.45, 7) is 0.937. The normalized spacial score (nSPS) is 20.8. The summed E-state index contributed by atoms with van der Waals surface area (Å²) >= 11 is 6.20. The number of unbranched alkanes of at least 4 members (excludes halogenated alkanes) is 1. The Kier molecular flexibility index (Phi) is 5.66. The fourth-order valence-corrected chi connectivity index (χ4v) is 5.40. The van der Waals surface area contributed by atoms with Gasteiger partial charge >= 0.3 is 6.09 Å². The lowest BCUT2D eigenvalue weighted by molar-refractivity contribution is -0.127. The Morgan fingerprint density at radius 3 is 2.88 bits per heavy atom. The first-order valence-corrected chi connectivity index (χ1v) is 11.6. The molecule has 1 aliphatic heterocycles. The minimum absolute atomic E-state index is 0.0188. The van der Waals surface area contributed by atoms with Crippen LogP contribution < -0.4 is 10.2 Å². The Balaban J connectivity index is 1.47. The third-order valence-electron chi connectivity index (χ3n) is 6.82. The molecule has 2 heterocycles. The standard InChI is InChI=1S/C25H24ClN5O3/c1-34-24(33)28-17-13-25(14-17)18-6-2-3-7-20(18)31(23(25)32)15-22-29-19-12-16(26)8-9-21(19)30(22)11-5-4-10-27/h2-3,6-9,12,17H,4-5,11,13-15H2,1H3,(H,28,33). The highest BCUT2D eigenvalue weighted by Crippen LogP contribution is 2.53. The highest BCUT2D eigenvalue weighted by atomic mass is 35.5. The van der Waals surface area contributed by atoms with Gasteiger partial charge < -0.3 is 19.5 Å². The lowest BCUT2D eigenvalue weighted by Gasteiger charge is -2.43. The van der Waals surface area contributed by atoms with Crippen molar-refractivity contribution in [2.24, 2.45) is 0 Å². The number of halogens is 1. The quantitative estimate of drug-likeness (QED) is 0.533. The van der Waals surface area contributed by atoms with Crippen LogP contribution in [0.4, 0.5) is 10.5 Å². The molecule has 1 fully saturated rings. The Morgan fingerprint density at radius 1 is 1.32 bits per heavy atom. The maximum atomic E-state index is 13.8. The number of nitrogens with one attached hydrogen (secondary N) is 1. The number of benzene rings is 2. The number of amides is 2. The number of fused-ring (bicyclic) bond motifs is 3. The van der Waals surface area contributed by atoms with Gasteiger partial charge in [-0.05, 0) is 49.1 Å². The molecule has 0 unspecified atom stereocenters. The molecule has 3 aromatic rings. The van der Waals surface area contributed by atoms with Gasteiger partial charge in [-0.2, -0.15) is 5.26 Å². The summed E-state index contributed by atoms with van der Waals surface area (Å²) in [4.78, 5) is 32.0. The number of carbonyl (C=O) groups excluding carboxylic acids is 2. The summed E-state index contributed by atoms with van der Waals surface area (Å²) in [5.41, 5.74) is 2.90. The monoisotopic (exact) mass is 477 g/mol. The molecule has 8 nitrogen and oxygen atoms in total. The molecular formula is C25H24ClN5O3. The highest BCUT2D eigenvalue weighted by Gasteiger charge is 2.58. The van der Waals surface area contributed by atoms with E-state index in [0.29, 0.717) is 43.8 Å². The summed E-state index contributed by atoms with van der Waals surface area (Å²) in [6.07, 6.45) is 1.70. The molecule has 0 saturated heterocycles. The molecule has 174 valence electrons. The second-order valence-electron chi connectivity index (χ2n) is 8.81. The third kappa shape index (κ3) is 3.57. The number of alkyl carbamates (subject to hydrolysis) is 1. The van der Waals surface area contributed by atoms with E-state index in [0.717, 1.165) is 28.1 Å². The van der Waals surface area contributed by atoms with Crippen LogP contribution in [0.3, 0.4) is 0 Å². The topological polar surface area (TPSA) is 100 Å². The molecule has 34 heavy (non-hydrogen) atoms. The lowest BCUT2D eigenvalue weighted by atomic mass is 9.62. The maximum Gasteiger partial charge on any atom is 0.407 e. The lowest BCUT2D eigenvalue weighted by Crippen LogP contribution is -2.57. The summed E-state index contributed by atoms with van der Waals surface area (Å²) in [5, 5.41) is 12.4. The van der Waals surface area contributed by atoms with Crippen LogP contribution in [0.15, 0.2) is 42.5 Å². The van der Waals surface area contributed by atoms with Crippen molar-refractivity contribution in [3.05, 3.63) is 58.9 Å². The third-order valence-corrected chi connectivity index (χ3v) is 7.06. The zero-order valence-electron chi connectivity index (χ0n) is 18.8. The van der Waals surface area contributed by atoms with Crippen LogP contribution in [0.25, 0.3) is 11.0 Å². The summed E-state index contributed by atoms with van der Waals surface area (Å²) in [7, 11) is 1.33. The van der Waals surface area contributed by atoms with Crippen molar-refractivity contribution in [2.75, 3.05) is 12.0 Å². The molecule has 0 atom stereocenters. The molecule has 2 aliphatic rings. The number of anilines is 1. The van der Waals surface area contributed by atoms with Crippen LogP contribution in [0, 0.1) is 11.3 Å². The van der Waals surface area contributed by atoms with Gasteiger partial charge in [0.05, 0.1) is 36.2 Å². The molecule has 1 spiro atoms. The second-order valence-corrected chi connectivity index (χ2v) is 9.24. The molecule has 0 bridgehead atoms. The zero-order chi connectivity index (χ0) is 23.9. The van der Waals surface area contributed by atoms with Gasteiger partial charge in [-0.25, -0.2) is 9.78 Å². The van der Waals surface area contributed by atoms with Gasteiger partial charge in [-0.15, -0.1) is 0 Å². The number of ether oxygens (including phenoxy) is 1. The number of nitriles is 1. The van der Waals surface area contributed by atoms with E-state index in [-0.39, 0.29) is 11.9 Å². The first-order chi connectivity index (χ1) is 16.5. The van der Waals surface area contributed by atoms with Crippen molar-refractivity contribution in [1.29, 1.82) is 5.26 Å². The number of rotatable bonds is 6. The fraction of sp³-hybridized carbons (Fsp3) is 0.360. The predicted octanol–water partition coefficient (Wildman–Crippen LogP) is 4.30. The molecular weight excluding hydrogens is 454 g/mol. The maximum absolute atomic E-state index is 13.8. The van der Waals surface area contributed by atoms with E-state index in [1.54, 1.807) is 4.90 Å². The number of nitrogens with zero attached hydrogens (tertiary/aromatic N) is 4. The van der Waals surface area contributed by atoms with Crippen LogP contribution >= 0.6 is 11.6 Å².